The Kier molecular flexibility index (Phi) is 6.67. The first-order valence-corrected chi connectivity index (χ1v) is 11.5. The Morgan fingerprint density at radius 1 is 1.03 bits per heavy atom. The van der Waals surface area contributed by atoms with Crippen LogP contribution in [0, 0.1) is 11.8 Å². The van der Waals surface area contributed by atoms with Crippen molar-refractivity contribution in [3.8, 4) is 11.1 Å². The van der Waals surface area contributed by atoms with Gasteiger partial charge in [-0.1, -0.05) is 62.4 Å². The maximum absolute atomic E-state index is 12.7. The fraction of sp³-hybridized carbons (Fsp3) is 0.423. The molecule has 0 atom stereocenters. The van der Waals surface area contributed by atoms with Crippen LogP contribution >= 0.6 is 0 Å². The smallest absolute Gasteiger partial charge is 0.407 e. The molecule has 0 saturated heterocycles. The summed E-state index contributed by atoms with van der Waals surface area (Å²) in [5, 5.41) is 11.9. The number of carbonyl (C=O) groups excluding carboxylic acids is 2. The maximum atomic E-state index is 12.7. The number of carboxylic acids is 1. The second-order valence-electron chi connectivity index (χ2n) is 9.34. The third-order valence-corrected chi connectivity index (χ3v) is 6.38. The van der Waals surface area contributed by atoms with Gasteiger partial charge in [-0.15, -0.1) is 0 Å². The Labute approximate surface area is 193 Å². The highest BCUT2D eigenvalue weighted by Crippen LogP contribution is 2.44. The average molecular weight is 451 g/mol. The van der Waals surface area contributed by atoms with E-state index >= 15 is 0 Å². The van der Waals surface area contributed by atoms with Crippen molar-refractivity contribution >= 4 is 18.0 Å². The Balaban J connectivity index is 1.28. The van der Waals surface area contributed by atoms with Gasteiger partial charge in [0.1, 0.15) is 13.2 Å². The van der Waals surface area contributed by atoms with Gasteiger partial charge in [0.2, 0.25) is 5.91 Å². The molecule has 7 heteroatoms. The molecule has 0 aromatic heterocycles. The van der Waals surface area contributed by atoms with Gasteiger partial charge < -0.3 is 20.1 Å². The van der Waals surface area contributed by atoms with Crippen molar-refractivity contribution in [2.24, 2.45) is 11.8 Å². The summed E-state index contributed by atoms with van der Waals surface area (Å²) in [7, 11) is 0. The Bertz CT molecular complexity index is 999. The van der Waals surface area contributed by atoms with Gasteiger partial charge in [-0.05, 0) is 41.0 Å². The van der Waals surface area contributed by atoms with Crippen LogP contribution in [-0.2, 0) is 14.3 Å². The van der Waals surface area contributed by atoms with Gasteiger partial charge in [-0.2, -0.15) is 0 Å². The number of hydrogen-bond acceptors (Lipinski definition) is 4. The largest absolute Gasteiger partial charge is 0.480 e. The van der Waals surface area contributed by atoms with E-state index in [1.807, 2.05) is 38.1 Å². The number of aliphatic carboxylic acids is 1. The van der Waals surface area contributed by atoms with E-state index in [0.717, 1.165) is 11.1 Å². The molecule has 0 bridgehead atoms. The lowest BCUT2D eigenvalue weighted by atomic mass is 9.79. The monoisotopic (exact) mass is 450 g/mol. The van der Waals surface area contributed by atoms with Crippen molar-refractivity contribution in [2.75, 3.05) is 19.7 Å². The molecule has 2 aliphatic carbocycles. The van der Waals surface area contributed by atoms with E-state index in [4.69, 9.17) is 9.84 Å². The first-order chi connectivity index (χ1) is 15.8. The van der Waals surface area contributed by atoms with Crippen LogP contribution in [-0.4, -0.2) is 53.7 Å². The Hall–Kier alpha value is -3.35. The summed E-state index contributed by atoms with van der Waals surface area (Å²) in [4.78, 5) is 37.6. The fourth-order valence-electron chi connectivity index (χ4n) is 4.84. The number of carboxylic acid groups (broad SMARTS) is 1. The standard InChI is InChI=1S/C26H30N2O5/c1-16(2)13-28(14-24(29)30)25(31)17-11-18(12-17)27-26(32)33-15-23-21-9-5-3-7-19(21)20-8-4-6-10-22(20)23/h3-10,16-18,23H,11-15H2,1-2H3,(H,27,32)(H,29,30). The summed E-state index contributed by atoms with van der Waals surface area (Å²) < 4.78 is 5.57. The minimum atomic E-state index is -1.02. The van der Waals surface area contributed by atoms with Gasteiger partial charge in [0.25, 0.3) is 0 Å². The third kappa shape index (κ3) is 5.02. The topological polar surface area (TPSA) is 95.9 Å². The summed E-state index contributed by atoms with van der Waals surface area (Å²) in [5.41, 5.74) is 4.67. The van der Waals surface area contributed by atoms with E-state index in [2.05, 4.69) is 29.6 Å². The van der Waals surface area contributed by atoms with E-state index in [1.165, 1.54) is 16.0 Å². The number of nitrogens with one attached hydrogen (secondary N) is 1. The van der Waals surface area contributed by atoms with E-state index in [0.29, 0.717) is 19.4 Å². The van der Waals surface area contributed by atoms with Gasteiger partial charge in [0.05, 0.1) is 0 Å². The average Bonchev–Trinajstić information content (AvgIpc) is 3.07. The zero-order valence-electron chi connectivity index (χ0n) is 19.0. The minimum absolute atomic E-state index is 0.000484. The summed E-state index contributed by atoms with van der Waals surface area (Å²) >= 11 is 0. The van der Waals surface area contributed by atoms with Crippen molar-refractivity contribution in [1.82, 2.24) is 10.2 Å². The van der Waals surface area contributed by atoms with E-state index in [9.17, 15) is 14.4 Å². The molecule has 174 valence electrons. The molecule has 0 heterocycles. The molecule has 2 aromatic carbocycles. The normalized spacial score (nSPS) is 18.8. The summed E-state index contributed by atoms with van der Waals surface area (Å²) in [6.07, 6.45) is 0.506. The zero-order chi connectivity index (χ0) is 23.5. The predicted octanol–water partition coefficient (Wildman–Crippen LogP) is 3.87. The van der Waals surface area contributed by atoms with Crippen molar-refractivity contribution in [3.05, 3.63) is 59.7 Å². The molecular weight excluding hydrogens is 420 g/mol. The molecular formula is C26H30N2O5. The molecule has 0 radical (unpaired) electrons. The number of benzene rings is 2. The molecule has 2 aromatic rings. The van der Waals surface area contributed by atoms with Gasteiger partial charge >= 0.3 is 12.1 Å². The molecule has 2 N–H and O–H groups in total. The second-order valence-corrected chi connectivity index (χ2v) is 9.34. The zero-order valence-corrected chi connectivity index (χ0v) is 19.0. The van der Waals surface area contributed by atoms with Crippen LogP contribution in [0.1, 0.15) is 43.7 Å². The molecule has 4 rings (SSSR count). The second kappa shape index (κ2) is 9.65. The van der Waals surface area contributed by atoms with Crippen LogP contribution in [0.3, 0.4) is 0 Å². The predicted molar refractivity (Wildman–Crippen MR) is 124 cm³/mol. The van der Waals surface area contributed by atoms with E-state index in [1.54, 1.807) is 0 Å². The maximum Gasteiger partial charge on any atom is 0.407 e. The van der Waals surface area contributed by atoms with Crippen LogP contribution in [0.4, 0.5) is 4.79 Å². The van der Waals surface area contributed by atoms with Crippen molar-refractivity contribution in [1.29, 1.82) is 0 Å². The summed E-state index contributed by atoms with van der Waals surface area (Å²) in [6, 6.07) is 16.2. The number of rotatable bonds is 8. The lowest BCUT2D eigenvalue weighted by molar-refractivity contribution is -0.148. The highest BCUT2D eigenvalue weighted by molar-refractivity contribution is 5.84. The third-order valence-electron chi connectivity index (χ3n) is 6.38. The number of amides is 2. The summed E-state index contributed by atoms with van der Waals surface area (Å²) in [6.45, 7) is 4.26. The molecule has 1 saturated carbocycles. The molecule has 1 fully saturated rings. The van der Waals surface area contributed by atoms with Crippen LogP contribution in [0.2, 0.25) is 0 Å². The van der Waals surface area contributed by atoms with Crippen molar-refractivity contribution in [2.45, 2.75) is 38.6 Å². The van der Waals surface area contributed by atoms with Gasteiger partial charge in [-0.25, -0.2) is 4.79 Å². The summed E-state index contributed by atoms with van der Waals surface area (Å²) in [5.74, 6) is -1.25. The first-order valence-electron chi connectivity index (χ1n) is 11.5. The number of fused-ring (bicyclic) bond motifs is 3. The lowest BCUT2D eigenvalue weighted by Gasteiger charge is -2.37. The minimum Gasteiger partial charge on any atom is -0.480 e. The van der Waals surface area contributed by atoms with Gasteiger partial charge in [0.15, 0.2) is 0 Å². The van der Waals surface area contributed by atoms with Crippen LogP contribution in [0.5, 0.6) is 0 Å². The SMILES string of the molecule is CC(C)CN(CC(=O)O)C(=O)C1CC(NC(=O)OCC2c3ccccc3-c3ccccc32)C1. The van der Waals surface area contributed by atoms with E-state index < -0.39 is 12.1 Å². The molecule has 7 nitrogen and oxygen atoms in total. The van der Waals surface area contributed by atoms with Gasteiger partial charge in [-0.3, -0.25) is 9.59 Å². The van der Waals surface area contributed by atoms with Crippen molar-refractivity contribution < 1.29 is 24.2 Å². The molecule has 2 amide bonds. The highest BCUT2D eigenvalue weighted by atomic mass is 16.5. The molecule has 0 spiro atoms. The number of nitrogens with zero attached hydrogens (tertiary/aromatic N) is 1. The quantitative estimate of drug-likeness (QED) is 0.637. The number of ether oxygens (including phenoxy) is 1. The number of alkyl carbamates (subject to hydrolysis) is 1. The fourth-order valence-corrected chi connectivity index (χ4v) is 4.84. The van der Waals surface area contributed by atoms with Gasteiger partial charge in [0, 0.05) is 24.4 Å². The van der Waals surface area contributed by atoms with Crippen LogP contribution < -0.4 is 5.32 Å². The molecule has 33 heavy (non-hydrogen) atoms. The first kappa shape index (κ1) is 22.8. The van der Waals surface area contributed by atoms with Crippen LogP contribution in [0.25, 0.3) is 11.1 Å². The molecule has 2 aliphatic rings. The van der Waals surface area contributed by atoms with E-state index in [-0.39, 0.29) is 42.9 Å². The molecule has 0 aliphatic heterocycles. The number of carbonyl (C=O) groups is 3. The Morgan fingerprint density at radius 3 is 2.15 bits per heavy atom. The lowest BCUT2D eigenvalue weighted by Crippen LogP contribution is -2.51. The van der Waals surface area contributed by atoms with Crippen molar-refractivity contribution in [3.63, 3.8) is 0 Å². The Morgan fingerprint density at radius 2 is 1.61 bits per heavy atom. The highest BCUT2D eigenvalue weighted by Gasteiger charge is 2.38. The number of hydrogen-bond donors (Lipinski definition) is 2. The van der Waals surface area contributed by atoms with Crippen LogP contribution in [0.15, 0.2) is 48.5 Å². The molecule has 0 unspecified atom stereocenters.